The monoisotopic (exact) mass is 364 g/mol. The molecule has 1 fully saturated rings. The SMILES string of the molecule is N#CC(=C1SCC(c2ncc(OC(N)=O)cc2F)S1)n1cncn1. The first-order chi connectivity index (χ1) is 11.6. The van der Waals surface area contributed by atoms with Gasteiger partial charge >= 0.3 is 6.09 Å². The second-order valence-electron chi connectivity index (χ2n) is 4.46. The normalized spacial score (nSPS) is 18.9. The number of hydrogen-bond donors (Lipinski definition) is 1. The van der Waals surface area contributed by atoms with Crippen LogP contribution in [-0.2, 0) is 0 Å². The number of thioether (sulfide) groups is 2. The lowest BCUT2D eigenvalue weighted by molar-refractivity contribution is 0.210. The van der Waals surface area contributed by atoms with Crippen molar-refractivity contribution >= 4 is 35.3 Å². The summed E-state index contributed by atoms with van der Waals surface area (Å²) in [5.74, 6) is -0.123. The molecular weight excluding hydrogens is 355 g/mol. The van der Waals surface area contributed by atoms with Gasteiger partial charge in [-0.2, -0.15) is 10.4 Å². The molecule has 1 unspecified atom stereocenters. The van der Waals surface area contributed by atoms with Gasteiger partial charge in [-0.1, -0.05) is 0 Å². The van der Waals surface area contributed by atoms with Crippen molar-refractivity contribution in [3.63, 3.8) is 0 Å². The summed E-state index contributed by atoms with van der Waals surface area (Å²) in [7, 11) is 0. The summed E-state index contributed by atoms with van der Waals surface area (Å²) in [6.07, 6.45) is 2.96. The number of aromatic nitrogens is 4. The minimum atomic E-state index is -1.04. The van der Waals surface area contributed by atoms with Gasteiger partial charge in [0.25, 0.3) is 0 Å². The van der Waals surface area contributed by atoms with Crippen molar-refractivity contribution in [1.82, 2.24) is 19.7 Å². The molecule has 1 saturated heterocycles. The highest BCUT2D eigenvalue weighted by Crippen LogP contribution is 2.52. The van der Waals surface area contributed by atoms with Crippen molar-refractivity contribution in [2.24, 2.45) is 5.73 Å². The van der Waals surface area contributed by atoms with Crippen LogP contribution in [0.4, 0.5) is 9.18 Å². The van der Waals surface area contributed by atoms with E-state index in [0.717, 1.165) is 6.07 Å². The molecule has 0 spiro atoms. The summed E-state index contributed by atoms with van der Waals surface area (Å²) >= 11 is 2.74. The van der Waals surface area contributed by atoms with E-state index in [1.807, 2.05) is 0 Å². The topological polar surface area (TPSA) is 120 Å². The van der Waals surface area contributed by atoms with Crippen LogP contribution in [0.1, 0.15) is 10.9 Å². The average Bonchev–Trinajstić information content (AvgIpc) is 3.20. The van der Waals surface area contributed by atoms with Crippen molar-refractivity contribution < 1.29 is 13.9 Å². The predicted molar refractivity (Wildman–Crippen MR) is 86.0 cm³/mol. The number of hydrogen-bond acceptors (Lipinski definition) is 8. The van der Waals surface area contributed by atoms with Crippen molar-refractivity contribution in [2.75, 3.05) is 5.75 Å². The molecule has 0 bridgehead atoms. The summed E-state index contributed by atoms with van der Waals surface area (Å²) in [4.78, 5) is 18.5. The molecular formula is C13H9FN6O2S2. The minimum absolute atomic E-state index is 0.0597. The fraction of sp³-hybridized carbons (Fsp3) is 0.154. The molecule has 24 heavy (non-hydrogen) atoms. The molecule has 11 heteroatoms. The number of halogens is 1. The number of nitriles is 1. The maximum absolute atomic E-state index is 14.2. The maximum Gasteiger partial charge on any atom is 0.410 e. The molecule has 1 aliphatic heterocycles. The lowest BCUT2D eigenvalue weighted by Crippen LogP contribution is -2.16. The van der Waals surface area contributed by atoms with E-state index in [-0.39, 0.29) is 16.7 Å². The summed E-state index contributed by atoms with van der Waals surface area (Å²) in [6, 6.07) is 3.13. The van der Waals surface area contributed by atoms with E-state index in [9.17, 15) is 14.4 Å². The number of carbonyl (C=O) groups is 1. The third-order valence-electron chi connectivity index (χ3n) is 2.93. The number of rotatable bonds is 3. The molecule has 0 radical (unpaired) electrons. The van der Waals surface area contributed by atoms with Crippen molar-refractivity contribution in [3.8, 4) is 11.8 Å². The Kier molecular flexibility index (Phi) is 4.68. The molecule has 2 aromatic rings. The fourth-order valence-corrected chi connectivity index (χ4v) is 4.79. The number of nitrogens with zero attached hydrogens (tertiary/aromatic N) is 5. The van der Waals surface area contributed by atoms with Crippen LogP contribution in [0.5, 0.6) is 5.75 Å². The molecule has 0 aromatic carbocycles. The Hall–Kier alpha value is -2.58. The fourth-order valence-electron chi connectivity index (χ4n) is 1.96. The second-order valence-corrected chi connectivity index (χ2v) is 6.97. The van der Waals surface area contributed by atoms with Crippen molar-refractivity contribution in [1.29, 1.82) is 5.26 Å². The highest BCUT2D eigenvalue weighted by Gasteiger charge is 2.29. The number of carbonyl (C=O) groups excluding carboxylic acids is 1. The third-order valence-corrected chi connectivity index (χ3v) is 5.82. The van der Waals surface area contributed by atoms with Crippen LogP contribution in [0.3, 0.4) is 0 Å². The standard InChI is InChI=1S/C13H9FN6O2S2/c14-8-1-7(22-13(16)21)3-18-11(8)10-4-23-12(24-10)9(2-15)20-6-17-5-19-20/h1,3,5-6,10H,4H2,(H2,16,21). The Morgan fingerprint density at radius 2 is 2.42 bits per heavy atom. The zero-order valence-corrected chi connectivity index (χ0v) is 13.6. The molecule has 0 saturated carbocycles. The van der Waals surface area contributed by atoms with Crippen LogP contribution in [0.25, 0.3) is 5.70 Å². The molecule has 2 aromatic heterocycles. The van der Waals surface area contributed by atoms with E-state index in [0.29, 0.717) is 15.7 Å². The molecule has 122 valence electrons. The van der Waals surface area contributed by atoms with E-state index in [2.05, 4.69) is 25.9 Å². The second kappa shape index (κ2) is 6.90. The Morgan fingerprint density at radius 1 is 1.58 bits per heavy atom. The number of ether oxygens (including phenoxy) is 1. The van der Waals surface area contributed by atoms with Crippen LogP contribution < -0.4 is 10.5 Å². The van der Waals surface area contributed by atoms with E-state index >= 15 is 0 Å². The van der Waals surface area contributed by atoms with Gasteiger partial charge in [-0.25, -0.2) is 18.9 Å². The number of nitrogens with two attached hydrogens (primary N) is 1. The Balaban J connectivity index is 1.83. The highest BCUT2D eigenvalue weighted by molar-refractivity contribution is 8.25. The Bertz CT molecular complexity index is 849. The molecule has 1 aliphatic rings. The van der Waals surface area contributed by atoms with E-state index < -0.39 is 11.9 Å². The van der Waals surface area contributed by atoms with Crippen LogP contribution in [0.15, 0.2) is 29.2 Å². The first-order valence-corrected chi connectivity index (χ1v) is 8.36. The van der Waals surface area contributed by atoms with E-state index in [4.69, 9.17) is 5.73 Å². The van der Waals surface area contributed by atoms with Crippen LogP contribution in [0, 0.1) is 17.1 Å². The zero-order chi connectivity index (χ0) is 17.1. The number of allylic oxidation sites excluding steroid dienone is 1. The lowest BCUT2D eigenvalue weighted by Gasteiger charge is -2.09. The van der Waals surface area contributed by atoms with Gasteiger partial charge in [0, 0.05) is 11.8 Å². The van der Waals surface area contributed by atoms with Crippen LogP contribution in [0.2, 0.25) is 0 Å². The quantitative estimate of drug-likeness (QED) is 0.823. The highest BCUT2D eigenvalue weighted by atomic mass is 32.2. The van der Waals surface area contributed by atoms with Gasteiger partial charge in [0.1, 0.15) is 24.5 Å². The summed E-state index contributed by atoms with van der Waals surface area (Å²) < 4.78 is 20.9. The molecule has 1 amide bonds. The van der Waals surface area contributed by atoms with Crippen molar-refractivity contribution in [3.05, 3.63) is 40.7 Å². The first-order valence-electron chi connectivity index (χ1n) is 6.50. The summed E-state index contributed by atoms with van der Waals surface area (Å²) in [6.45, 7) is 0. The van der Waals surface area contributed by atoms with Gasteiger partial charge in [-0.15, -0.1) is 23.5 Å². The smallest absolute Gasteiger partial charge is 0.409 e. The van der Waals surface area contributed by atoms with Crippen molar-refractivity contribution in [2.45, 2.75) is 5.25 Å². The van der Waals surface area contributed by atoms with Gasteiger partial charge in [-0.05, 0) is 0 Å². The molecule has 8 nitrogen and oxygen atoms in total. The number of primary amides is 1. The minimum Gasteiger partial charge on any atom is -0.409 e. The Labute approximate surface area is 143 Å². The molecule has 1 atom stereocenters. The average molecular weight is 364 g/mol. The van der Waals surface area contributed by atoms with Gasteiger partial charge in [0.2, 0.25) is 0 Å². The number of pyridine rings is 1. The lowest BCUT2D eigenvalue weighted by atomic mass is 10.2. The van der Waals surface area contributed by atoms with Crippen LogP contribution in [-0.4, -0.2) is 31.6 Å². The molecule has 3 rings (SSSR count). The van der Waals surface area contributed by atoms with Gasteiger partial charge in [-0.3, -0.25) is 4.98 Å². The number of amides is 1. The predicted octanol–water partition coefficient (Wildman–Crippen LogP) is 2.14. The van der Waals surface area contributed by atoms with Gasteiger partial charge < -0.3 is 10.5 Å². The zero-order valence-electron chi connectivity index (χ0n) is 11.9. The molecule has 3 heterocycles. The van der Waals surface area contributed by atoms with E-state index in [1.165, 1.54) is 47.1 Å². The largest absolute Gasteiger partial charge is 0.410 e. The van der Waals surface area contributed by atoms with E-state index in [1.54, 1.807) is 0 Å². The first kappa shape index (κ1) is 16.3. The van der Waals surface area contributed by atoms with Crippen LogP contribution >= 0.6 is 23.5 Å². The summed E-state index contributed by atoms with van der Waals surface area (Å²) in [5.41, 5.74) is 5.43. The Morgan fingerprint density at radius 3 is 3.04 bits per heavy atom. The third kappa shape index (κ3) is 3.34. The molecule has 0 aliphatic carbocycles. The summed E-state index contributed by atoms with van der Waals surface area (Å²) in [5, 5.41) is 13.0. The molecule has 2 N–H and O–H groups in total. The van der Waals surface area contributed by atoms with Gasteiger partial charge in [0.05, 0.1) is 21.4 Å². The van der Waals surface area contributed by atoms with Gasteiger partial charge in [0.15, 0.2) is 11.4 Å². The maximum atomic E-state index is 14.2.